The Labute approximate surface area is 80.7 Å². The van der Waals surface area contributed by atoms with Crippen LogP contribution in [0.5, 0.6) is 0 Å². The lowest BCUT2D eigenvalue weighted by Gasteiger charge is -2.22. The van der Waals surface area contributed by atoms with Crippen LogP contribution >= 0.6 is 0 Å². The highest BCUT2D eigenvalue weighted by atomic mass is 16.4. The number of carboxylic acids is 1. The van der Waals surface area contributed by atoms with Gasteiger partial charge in [0.15, 0.2) is 0 Å². The normalized spacial score (nSPS) is 14.8. The van der Waals surface area contributed by atoms with Gasteiger partial charge in [0.2, 0.25) is 0 Å². The Balaban J connectivity index is 3.76. The first-order chi connectivity index (χ1) is 5.81. The fourth-order valence-corrected chi connectivity index (χ4v) is 1.53. The molecule has 13 heavy (non-hydrogen) atoms. The molecule has 0 aromatic rings. The van der Waals surface area contributed by atoms with Gasteiger partial charge in [-0.05, 0) is 24.2 Å². The van der Waals surface area contributed by atoms with Crippen molar-refractivity contribution >= 4 is 5.97 Å². The zero-order valence-corrected chi connectivity index (χ0v) is 9.00. The third-order valence-electron chi connectivity index (χ3n) is 1.76. The monoisotopic (exact) mass is 184 g/mol. The van der Waals surface area contributed by atoms with Crippen molar-refractivity contribution in [3.63, 3.8) is 0 Å². The second-order valence-electron chi connectivity index (χ2n) is 4.85. The van der Waals surface area contributed by atoms with Crippen molar-refractivity contribution in [2.75, 3.05) is 0 Å². The van der Waals surface area contributed by atoms with E-state index in [9.17, 15) is 4.79 Å². The van der Waals surface area contributed by atoms with E-state index in [-0.39, 0.29) is 0 Å². The molecule has 2 nitrogen and oxygen atoms in total. The standard InChI is InChI=1S/C11H20O2/c1-9(8-11(2,3)4)6-5-7-10(12)13/h5,7,9H,6,8H2,1-4H3,(H,12,13)/b7-5+. The van der Waals surface area contributed by atoms with Gasteiger partial charge in [0, 0.05) is 6.08 Å². The number of allylic oxidation sites excluding steroid dienone is 1. The van der Waals surface area contributed by atoms with E-state index < -0.39 is 5.97 Å². The lowest BCUT2D eigenvalue weighted by molar-refractivity contribution is -0.131. The first-order valence-electron chi connectivity index (χ1n) is 4.71. The summed E-state index contributed by atoms with van der Waals surface area (Å²) < 4.78 is 0. The van der Waals surface area contributed by atoms with Crippen LogP contribution in [0.15, 0.2) is 12.2 Å². The molecule has 0 aromatic carbocycles. The molecule has 0 bridgehead atoms. The summed E-state index contributed by atoms with van der Waals surface area (Å²) in [6, 6.07) is 0. The molecule has 0 fully saturated rings. The van der Waals surface area contributed by atoms with Crippen molar-refractivity contribution in [2.45, 2.75) is 40.5 Å². The molecule has 1 atom stereocenters. The Hall–Kier alpha value is -0.790. The second-order valence-corrected chi connectivity index (χ2v) is 4.85. The van der Waals surface area contributed by atoms with Gasteiger partial charge in [0.1, 0.15) is 0 Å². The number of carbonyl (C=O) groups is 1. The average Bonchev–Trinajstić information content (AvgIpc) is 1.81. The Morgan fingerprint density at radius 1 is 1.46 bits per heavy atom. The maximum absolute atomic E-state index is 10.2. The minimum absolute atomic E-state index is 0.330. The highest BCUT2D eigenvalue weighted by molar-refractivity contribution is 5.79. The zero-order chi connectivity index (χ0) is 10.5. The number of hydrogen-bond donors (Lipinski definition) is 1. The molecular weight excluding hydrogens is 164 g/mol. The van der Waals surface area contributed by atoms with Crippen molar-refractivity contribution in [3.8, 4) is 0 Å². The molecule has 0 aliphatic rings. The molecule has 0 saturated carbocycles. The Kier molecular flexibility index (Phi) is 4.74. The Morgan fingerprint density at radius 2 is 2.00 bits per heavy atom. The molecule has 0 spiro atoms. The number of hydrogen-bond acceptors (Lipinski definition) is 1. The maximum atomic E-state index is 10.2. The van der Waals surface area contributed by atoms with Crippen LogP contribution in [0.1, 0.15) is 40.5 Å². The predicted molar refractivity (Wildman–Crippen MR) is 54.6 cm³/mol. The maximum Gasteiger partial charge on any atom is 0.327 e. The molecule has 0 saturated heterocycles. The van der Waals surface area contributed by atoms with Gasteiger partial charge < -0.3 is 5.11 Å². The molecular formula is C11H20O2. The first kappa shape index (κ1) is 12.2. The SMILES string of the molecule is CC(C/C=C/C(=O)O)CC(C)(C)C. The largest absolute Gasteiger partial charge is 0.478 e. The van der Waals surface area contributed by atoms with Gasteiger partial charge in [-0.2, -0.15) is 0 Å². The third kappa shape index (κ3) is 9.12. The summed E-state index contributed by atoms with van der Waals surface area (Å²) in [6.45, 7) is 8.75. The van der Waals surface area contributed by atoms with Gasteiger partial charge in [-0.15, -0.1) is 0 Å². The number of carboxylic acid groups (broad SMARTS) is 1. The average molecular weight is 184 g/mol. The van der Waals surface area contributed by atoms with Crippen LogP contribution in [0.4, 0.5) is 0 Å². The molecule has 0 amide bonds. The molecule has 0 rings (SSSR count). The molecule has 1 unspecified atom stereocenters. The van der Waals surface area contributed by atoms with Gasteiger partial charge in [-0.25, -0.2) is 4.79 Å². The molecule has 0 aromatic heterocycles. The number of aliphatic carboxylic acids is 1. The van der Waals surface area contributed by atoms with Crippen molar-refractivity contribution in [2.24, 2.45) is 11.3 Å². The quantitative estimate of drug-likeness (QED) is 0.682. The third-order valence-corrected chi connectivity index (χ3v) is 1.76. The fraction of sp³-hybridized carbons (Fsp3) is 0.727. The molecule has 0 aliphatic carbocycles. The van der Waals surface area contributed by atoms with E-state index in [1.54, 1.807) is 6.08 Å². The van der Waals surface area contributed by atoms with E-state index in [4.69, 9.17) is 5.11 Å². The minimum Gasteiger partial charge on any atom is -0.478 e. The Morgan fingerprint density at radius 3 is 2.38 bits per heavy atom. The molecule has 0 radical (unpaired) electrons. The van der Waals surface area contributed by atoms with Gasteiger partial charge in [-0.1, -0.05) is 33.8 Å². The summed E-state index contributed by atoms with van der Waals surface area (Å²) >= 11 is 0. The van der Waals surface area contributed by atoms with Crippen molar-refractivity contribution in [3.05, 3.63) is 12.2 Å². The van der Waals surface area contributed by atoms with Gasteiger partial charge in [0.25, 0.3) is 0 Å². The molecule has 76 valence electrons. The summed E-state index contributed by atoms with van der Waals surface area (Å²) in [5, 5.41) is 8.37. The summed E-state index contributed by atoms with van der Waals surface area (Å²) in [4.78, 5) is 10.2. The number of rotatable bonds is 4. The van der Waals surface area contributed by atoms with Crippen LogP contribution in [0.2, 0.25) is 0 Å². The topological polar surface area (TPSA) is 37.3 Å². The first-order valence-corrected chi connectivity index (χ1v) is 4.71. The van der Waals surface area contributed by atoms with E-state index in [1.807, 2.05) is 0 Å². The summed E-state index contributed by atoms with van der Waals surface area (Å²) in [7, 11) is 0. The summed E-state index contributed by atoms with van der Waals surface area (Å²) in [6.07, 6.45) is 4.93. The summed E-state index contributed by atoms with van der Waals surface area (Å²) in [5.74, 6) is -0.307. The molecule has 0 heterocycles. The molecule has 1 N–H and O–H groups in total. The van der Waals surface area contributed by atoms with E-state index >= 15 is 0 Å². The van der Waals surface area contributed by atoms with Crippen LogP contribution < -0.4 is 0 Å². The van der Waals surface area contributed by atoms with E-state index in [0.29, 0.717) is 11.3 Å². The molecule has 2 heteroatoms. The lowest BCUT2D eigenvalue weighted by Crippen LogP contribution is -2.10. The summed E-state index contributed by atoms with van der Waals surface area (Å²) in [5.41, 5.74) is 0.330. The smallest absolute Gasteiger partial charge is 0.327 e. The highest BCUT2D eigenvalue weighted by Crippen LogP contribution is 2.25. The van der Waals surface area contributed by atoms with Gasteiger partial charge in [0.05, 0.1) is 0 Å². The predicted octanol–water partition coefficient (Wildman–Crippen LogP) is 3.09. The Bertz CT molecular complexity index is 187. The highest BCUT2D eigenvalue weighted by Gasteiger charge is 2.13. The van der Waals surface area contributed by atoms with Gasteiger partial charge in [-0.3, -0.25) is 0 Å². The van der Waals surface area contributed by atoms with Crippen LogP contribution in [0, 0.1) is 11.3 Å². The van der Waals surface area contributed by atoms with Crippen LogP contribution in [-0.2, 0) is 4.79 Å². The van der Waals surface area contributed by atoms with E-state index in [1.165, 1.54) is 6.08 Å². The van der Waals surface area contributed by atoms with Crippen LogP contribution in [0.3, 0.4) is 0 Å². The van der Waals surface area contributed by atoms with Crippen molar-refractivity contribution in [1.29, 1.82) is 0 Å². The van der Waals surface area contributed by atoms with Crippen molar-refractivity contribution < 1.29 is 9.90 Å². The molecule has 0 aliphatic heterocycles. The van der Waals surface area contributed by atoms with E-state index in [0.717, 1.165) is 12.8 Å². The zero-order valence-electron chi connectivity index (χ0n) is 9.00. The van der Waals surface area contributed by atoms with E-state index in [2.05, 4.69) is 27.7 Å². The minimum atomic E-state index is -0.858. The lowest BCUT2D eigenvalue weighted by atomic mass is 9.84. The fourth-order valence-electron chi connectivity index (χ4n) is 1.53. The van der Waals surface area contributed by atoms with Crippen LogP contribution in [0.25, 0.3) is 0 Å². The van der Waals surface area contributed by atoms with Gasteiger partial charge >= 0.3 is 5.97 Å². The van der Waals surface area contributed by atoms with Crippen LogP contribution in [-0.4, -0.2) is 11.1 Å². The van der Waals surface area contributed by atoms with Crippen molar-refractivity contribution in [1.82, 2.24) is 0 Å². The second kappa shape index (κ2) is 5.05.